The van der Waals surface area contributed by atoms with Crippen LogP contribution >= 0.6 is 23.6 Å². The smallest absolute Gasteiger partial charge is 0.382 e. The predicted molar refractivity (Wildman–Crippen MR) is 79.6 cm³/mol. The summed E-state index contributed by atoms with van der Waals surface area (Å²) >= 11 is 6.22. The van der Waals surface area contributed by atoms with E-state index in [1.807, 2.05) is 0 Å². The Balaban J connectivity index is 2.23. The van der Waals surface area contributed by atoms with Crippen molar-refractivity contribution >= 4 is 35.9 Å². The van der Waals surface area contributed by atoms with Crippen LogP contribution in [0.3, 0.4) is 0 Å². The van der Waals surface area contributed by atoms with Crippen molar-refractivity contribution in [2.75, 3.05) is 0 Å². The molecule has 0 saturated carbocycles. The van der Waals surface area contributed by atoms with Crippen LogP contribution in [0.15, 0.2) is 47.4 Å². The average Bonchev–Trinajstić information content (AvgIpc) is 2.52. The van der Waals surface area contributed by atoms with Gasteiger partial charge >= 0.3 is 12.1 Å². The quantitative estimate of drug-likeness (QED) is 0.566. The molecule has 0 atom stereocenters. The number of hydrogen-bond donors (Lipinski definition) is 0. The van der Waals surface area contributed by atoms with Gasteiger partial charge in [-0.3, -0.25) is 4.79 Å². The highest BCUT2D eigenvalue weighted by Crippen LogP contribution is 2.38. The van der Waals surface area contributed by atoms with Crippen LogP contribution in [0, 0.1) is 0 Å². The Labute approximate surface area is 138 Å². The lowest BCUT2D eigenvalue weighted by Gasteiger charge is -2.11. The molecule has 2 aromatic rings. The van der Waals surface area contributed by atoms with Crippen molar-refractivity contribution in [1.29, 1.82) is 0 Å². The molecule has 8 heteroatoms. The highest BCUT2D eigenvalue weighted by molar-refractivity contribution is 7.95. The van der Waals surface area contributed by atoms with Crippen molar-refractivity contribution < 1.29 is 26.9 Å². The maximum atomic E-state index is 12.7. The van der Waals surface area contributed by atoms with Crippen molar-refractivity contribution in [2.24, 2.45) is 0 Å². The molecule has 0 N–H and O–H groups in total. The van der Waals surface area contributed by atoms with E-state index in [9.17, 15) is 22.8 Å². The van der Waals surface area contributed by atoms with Gasteiger partial charge in [0.25, 0.3) is 0 Å². The second-order valence-corrected chi connectivity index (χ2v) is 5.46. The van der Waals surface area contributed by atoms with Gasteiger partial charge in [0.15, 0.2) is 6.29 Å². The number of carbonyl (C=O) groups excluding carboxylic acids is 2. The standard InChI is InChI=1S/C15H8ClF3O3S/c16-12-7-11(15(17,18)19)6-10(8-20)13(12)23-22-14(21)9-4-2-1-3-5-9/h1-8H. The first-order valence-electron chi connectivity index (χ1n) is 6.12. The van der Waals surface area contributed by atoms with Gasteiger partial charge < -0.3 is 4.18 Å². The van der Waals surface area contributed by atoms with E-state index in [2.05, 4.69) is 0 Å². The number of benzene rings is 2. The Kier molecular flexibility index (Phi) is 5.33. The van der Waals surface area contributed by atoms with E-state index in [-0.39, 0.29) is 27.3 Å². The lowest BCUT2D eigenvalue weighted by atomic mass is 10.1. The Morgan fingerprint density at radius 2 is 1.83 bits per heavy atom. The van der Waals surface area contributed by atoms with Crippen molar-refractivity contribution in [3.05, 3.63) is 64.2 Å². The number of hydrogen-bond acceptors (Lipinski definition) is 4. The molecule has 0 spiro atoms. The van der Waals surface area contributed by atoms with Crippen molar-refractivity contribution in [3.63, 3.8) is 0 Å². The molecule has 0 saturated heterocycles. The fourth-order valence-corrected chi connectivity index (χ4v) is 2.57. The summed E-state index contributed by atoms with van der Waals surface area (Å²) in [5.74, 6) is -0.705. The molecule has 0 heterocycles. The van der Waals surface area contributed by atoms with Crippen LogP contribution in [0.2, 0.25) is 5.02 Å². The van der Waals surface area contributed by atoms with Crippen LogP contribution in [0.25, 0.3) is 0 Å². The maximum absolute atomic E-state index is 12.7. The predicted octanol–water partition coefficient (Wildman–Crippen LogP) is 5.04. The molecular weight excluding hydrogens is 353 g/mol. The minimum atomic E-state index is -4.63. The summed E-state index contributed by atoms with van der Waals surface area (Å²) < 4.78 is 43.0. The molecule has 0 bridgehead atoms. The molecule has 2 aromatic carbocycles. The van der Waals surface area contributed by atoms with E-state index in [1.54, 1.807) is 18.2 Å². The molecule has 0 unspecified atom stereocenters. The number of rotatable bonds is 4. The number of aldehydes is 1. The van der Waals surface area contributed by atoms with Crippen molar-refractivity contribution in [2.45, 2.75) is 11.1 Å². The van der Waals surface area contributed by atoms with Gasteiger partial charge in [0.1, 0.15) is 0 Å². The highest BCUT2D eigenvalue weighted by atomic mass is 35.5. The third kappa shape index (κ3) is 4.27. The van der Waals surface area contributed by atoms with Crippen LogP contribution in [-0.2, 0) is 10.4 Å². The molecule has 0 aliphatic heterocycles. The minimum Gasteiger partial charge on any atom is -0.382 e. The second-order valence-electron chi connectivity index (χ2n) is 4.31. The Hall–Kier alpha value is -1.99. The molecular formula is C15H8ClF3O3S. The minimum absolute atomic E-state index is 0.0565. The molecule has 23 heavy (non-hydrogen) atoms. The normalized spacial score (nSPS) is 11.1. The molecule has 0 aliphatic carbocycles. The van der Waals surface area contributed by atoms with Gasteiger partial charge in [-0.15, -0.1) is 0 Å². The van der Waals surface area contributed by atoms with Crippen molar-refractivity contribution in [1.82, 2.24) is 0 Å². The van der Waals surface area contributed by atoms with Crippen LogP contribution in [0.5, 0.6) is 0 Å². The van der Waals surface area contributed by atoms with E-state index in [0.29, 0.717) is 24.2 Å². The third-order valence-electron chi connectivity index (χ3n) is 2.74. The molecule has 0 radical (unpaired) electrons. The largest absolute Gasteiger partial charge is 0.416 e. The zero-order valence-corrected chi connectivity index (χ0v) is 12.8. The first-order valence-corrected chi connectivity index (χ1v) is 7.24. The third-order valence-corrected chi connectivity index (χ3v) is 4.00. The van der Waals surface area contributed by atoms with Gasteiger partial charge in [0.2, 0.25) is 0 Å². The van der Waals surface area contributed by atoms with E-state index >= 15 is 0 Å². The van der Waals surface area contributed by atoms with Gasteiger partial charge in [0.05, 0.1) is 33.1 Å². The number of carbonyl (C=O) groups is 2. The summed E-state index contributed by atoms with van der Waals surface area (Å²) in [5.41, 5.74) is -1.10. The molecule has 2 rings (SSSR count). The first-order chi connectivity index (χ1) is 10.8. The molecule has 0 amide bonds. The van der Waals surface area contributed by atoms with E-state index in [1.165, 1.54) is 12.1 Å². The summed E-state index contributed by atoms with van der Waals surface area (Å²) in [4.78, 5) is 22.7. The van der Waals surface area contributed by atoms with Gasteiger partial charge in [-0.2, -0.15) is 13.2 Å². The average molecular weight is 361 g/mol. The fraction of sp³-hybridized carbons (Fsp3) is 0.0667. The van der Waals surface area contributed by atoms with E-state index in [4.69, 9.17) is 15.8 Å². The Morgan fingerprint density at radius 1 is 1.17 bits per heavy atom. The van der Waals surface area contributed by atoms with Crippen LogP contribution < -0.4 is 0 Å². The zero-order chi connectivity index (χ0) is 17.0. The topological polar surface area (TPSA) is 43.4 Å². The number of alkyl halides is 3. The molecule has 0 fully saturated rings. The van der Waals surface area contributed by atoms with Crippen LogP contribution in [0.1, 0.15) is 26.3 Å². The first kappa shape index (κ1) is 17.4. The fourth-order valence-electron chi connectivity index (χ4n) is 1.66. The summed E-state index contributed by atoms with van der Waals surface area (Å²) in [5, 5.41) is -0.326. The lowest BCUT2D eigenvalue weighted by Crippen LogP contribution is -2.07. The van der Waals surface area contributed by atoms with Crippen molar-refractivity contribution in [3.8, 4) is 0 Å². The lowest BCUT2D eigenvalue weighted by molar-refractivity contribution is -0.137. The van der Waals surface area contributed by atoms with Crippen LogP contribution in [-0.4, -0.2) is 12.3 Å². The molecule has 0 aromatic heterocycles. The van der Waals surface area contributed by atoms with E-state index in [0.717, 1.165) is 0 Å². The van der Waals surface area contributed by atoms with E-state index < -0.39 is 17.7 Å². The monoisotopic (exact) mass is 360 g/mol. The summed E-state index contributed by atoms with van der Waals surface area (Å²) in [7, 11) is 0. The summed E-state index contributed by atoms with van der Waals surface area (Å²) in [6.07, 6.45) is -4.41. The van der Waals surface area contributed by atoms with Gasteiger partial charge in [0, 0.05) is 5.56 Å². The summed E-state index contributed by atoms with van der Waals surface area (Å²) in [6.45, 7) is 0. The van der Waals surface area contributed by atoms with Gasteiger partial charge in [-0.25, -0.2) is 4.79 Å². The zero-order valence-electron chi connectivity index (χ0n) is 11.3. The SMILES string of the molecule is O=Cc1cc(C(F)(F)F)cc(Cl)c1SOC(=O)c1ccccc1. The van der Waals surface area contributed by atoms with Gasteiger partial charge in [-0.1, -0.05) is 29.8 Å². The Bertz CT molecular complexity index is 733. The second kappa shape index (κ2) is 7.06. The molecule has 120 valence electrons. The number of halogens is 4. The summed E-state index contributed by atoms with van der Waals surface area (Å²) in [6, 6.07) is 9.31. The molecule has 0 aliphatic rings. The van der Waals surface area contributed by atoms with Gasteiger partial charge in [-0.05, 0) is 24.3 Å². The maximum Gasteiger partial charge on any atom is 0.416 e. The highest BCUT2D eigenvalue weighted by Gasteiger charge is 2.32. The molecule has 3 nitrogen and oxygen atoms in total. The Morgan fingerprint density at radius 3 is 2.39 bits per heavy atom. The van der Waals surface area contributed by atoms with Crippen LogP contribution in [0.4, 0.5) is 13.2 Å².